The summed E-state index contributed by atoms with van der Waals surface area (Å²) in [5.74, 6) is 0.717. The number of anilines is 1. The van der Waals surface area contributed by atoms with E-state index in [2.05, 4.69) is 15.3 Å². The Hall–Kier alpha value is -3.68. The van der Waals surface area contributed by atoms with Gasteiger partial charge >= 0.3 is 0 Å². The van der Waals surface area contributed by atoms with Crippen LogP contribution in [0.5, 0.6) is 11.5 Å². The van der Waals surface area contributed by atoms with Gasteiger partial charge < -0.3 is 19.4 Å². The largest absolute Gasteiger partial charge is 0.486 e. The van der Waals surface area contributed by atoms with Crippen LogP contribution >= 0.6 is 0 Å². The first-order valence-corrected chi connectivity index (χ1v) is 9.20. The van der Waals surface area contributed by atoms with Crippen molar-refractivity contribution in [3.8, 4) is 11.5 Å². The minimum atomic E-state index is -0.478. The number of rotatable bonds is 4. The number of aromatic nitrogens is 3. The normalized spacial score (nSPS) is 12.5. The number of amides is 1. The highest BCUT2D eigenvalue weighted by molar-refractivity contribution is 6.05. The van der Waals surface area contributed by atoms with E-state index in [0.717, 1.165) is 5.69 Å². The summed E-state index contributed by atoms with van der Waals surface area (Å²) in [4.78, 5) is 34.2. The zero-order valence-corrected chi connectivity index (χ0v) is 16.1. The zero-order valence-electron chi connectivity index (χ0n) is 16.1. The highest BCUT2D eigenvalue weighted by Gasteiger charge is 2.18. The number of aryl methyl sites for hydroxylation is 2. The Balaban J connectivity index is 1.59. The highest BCUT2D eigenvalue weighted by atomic mass is 16.6. The molecule has 29 heavy (non-hydrogen) atoms. The van der Waals surface area contributed by atoms with E-state index in [4.69, 9.17) is 9.47 Å². The Morgan fingerprint density at radius 2 is 1.90 bits per heavy atom. The number of carbonyl (C=O) groups excluding carboxylic acids is 1. The zero-order chi connectivity index (χ0) is 20.4. The number of nitrogens with one attached hydrogen (secondary N) is 1. The van der Waals surface area contributed by atoms with Crippen molar-refractivity contribution in [2.75, 3.05) is 18.5 Å². The molecule has 1 aliphatic rings. The van der Waals surface area contributed by atoms with Crippen LogP contribution in [-0.4, -0.2) is 33.7 Å². The van der Waals surface area contributed by atoms with Crippen molar-refractivity contribution in [3.63, 3.8) is 0 Å². The van der Waals surface area contributed by atoms with E-state index in [-0.39, 0.29) is 17.7 Å². The van der Waals surface area contributed by atoms with Gasteiger partial charge in [0, 0.05) is 24.1 Å². The first-order valence-electron chi connectivity index (χ1n) is 9.20. The number of hydrogen-bond donors (Lipinski definition) is 1. The van der Waals surface area contributed by atoms with Crippen molar-refractivity contribution in [1.29, 1.82) is 0 Å². The van der Waals surface area contributed by atoms with Crippen LogP contribution in [0.4, 0.5) is 5.69 Å². The molecule has 1 aromatic carbocycles. The van der Waals surface area contributed by atoms with Crippen molar-refractivity contribution in [1.82, 2.24) is 14.5 Å². The van der Waals surface area contributed by atoms with E-state index in [0.29, 0.717) is 41.7 Å². The van der Waals surface area contributed by atoms with Crippen molar-refractivity contribution < 1.29 is 14.3 Å². The average Bonchev–Trinajstić information content (AvgIpc) is 2.72. The van der Waals surface area contributed by atoms with Crippen LogP contribution in [0.15, 0.2) is 47.7 Å². The number of carbonyl (C=O) groups is 1. The molecule has 0 aliphatic carbocycles. The van der Waals surface area contributed by atoms with Crippen LogP contribution < -0.4 is 20.3 Å². The van der Waals surface area contributed by atoms with Gasteiger partial charge in [-0.25, -0.2) is 0 Å². The molecule has 0 saturated heterocycles. The molecule has 0 bridgehead atoms. The third-order valence-corrected chi connectivity index (χ3v) is 4.57. The van der Waals surface area contributed by atoms with E-state index >= 15 is 0 Å². The molecule has 1 aliphatic heterocycles. The minimum Gasteiger partial charge on any atom is -0.486 e. The van der Waals surface area contributed by atoms with Gasteiger partial charge in [0.1, 0.15) is 18.8 Å². The SMILES string of the molecule is Cc1cnc(Cn2ccc(C)c(C(=O)Nc3ccc4c(c3)OCCO4)c2=O)cn1. The second-order valence-electron chi connectivity index (χ2n) is 6.77. The van der Waals surface area contributed by atoms with Crippen molar-refractivity contribution in [3.05, 3.63) is 75.7 Å². The maximum Gasteiger partial charge on any atom is 0.264 e. The average molecular weight is 392 g/mol. The van der Waals surface area contributed by atoms with E-state index in [9.17, 15) is 9.59 Å². The maximum atomic E-state index is 12.9. The Labute approximate surface area is 167 Å². The molecule has 0 radical (unpaired) electrons. The molecule has 8 heteroatoms. The van der Waals surface area contributed by atoms with Gasteiger partial charge in [-0.2, -0.15) is 0 Å². The van der Waals surface area contributed by atoms with Gasteiger partial charge in [-0.05, 0) is 37.6 Å². The molecule has 1 amide bonds. The second kappa shape index (κ2) is 7.75. The van der Waals surface area contributed by atoms with Gasteiger partial charge in [0.25, 0.3) is 11.5 Å². The fraction of sp³-hybridized carbons (Fsp3) is 0.238. The number of benzene rings is 1. The molecule has 2 aromatic heterocycles. The molecule has 8 nitrogen and oxygen atoms in total. The molecule has 0 atom stereocenters. The van der Waals surface area contributed by atoms with Gasteiger partial charge in [-0.15, -0.1) is 0 Å². The van der Waals surface area contributed by atoms with Crippen LogP contribution in [0.3, 0.4) is 0 Å². The van der Waals surface area contributed by atoms with Crippen LogP contribution in [0.2, 0.25) is 0 Å². The van der Waals surface area contributed by atoms with E-state index in [1.54, 1.807) is 49.8 Å². The molecule has 3 heterocycles. The van der Waals surface area contributed by atoms with Crippen LogP contribution in [0.1, 0.15) is 27.3 Å². The molecule has 4 rings (SSSR count). The Morgan fingerprint density at radius 3 is 2.66 bits per heavy atom. The highest BCUT2D eigenvalue weighted by Crippen LogP contribution is 2.32. The van der Waals surface area contributed by atoms with Crippen LogP contribution in [-0.2, 0) is 6.54 Å². The van der Waals surface area contributed by atoms with Crippen molar-refractivity contribution in [2.45, 2.75) is 20.4 Å². The summed E-state index contributed by atoms with van der Waals surface area (Å²) in [6.07, 6.45) is 4.92. The fourth-order valence-electron chi connectivity index (χ4n) is 3.06. The topological polar surface area (TPSA) is 95.3 Å². The number of nitrogens with zero attached hydrogens (tertiary/aromatic N) is 3. The quantitative estimate of drug-likeness (QED) is 0.732. The summed E-state index contributed by atoms with van der Waals surface area (Å²) in [6.45, 7) is 4.75. The molecule has 1 N–H and O–H groups in total. The number of pyridine rings is 1. The molecule has 148 valence electrons. The molecule has 3 aromatic rings. The Bertz CT molecular complexity index is 1120. The molecule has 0 saturated carbocycles. The van der Waals surface area contributed by atoms with Gasteiger partial charge in [0.05, 0.1) is 24.1 Å². The number of ether oxygens (including phenoxy) is 2. The maximum absolute atomic E-state index is 12.9. The summed E-state index contributed by atoms with van der Waals surface area (Å²) in [7, 11) is 0. The minimum absolute atomic E-state index is 0.0856. The van der Waals surface area contributed by atoms with Gasteiger partial charge in [-0.1, -0.05) is 0 Å². The predicted octanol–water partition coefficient (Wildman–Crippen LogP) is 2.33. The van der Waals surface area contributed by atoms with Gasteiger partial charge in [-0.3, -0.25) is 19.6 Å². The van der Waals surface area contributed by atoms with Crippen molar-refractivity contribution in [2.24, 2.45) is 0 Å². The molecular weight excluding hydrogens is 372 g/mol. The first-order chi connectivity index (χ1) is 14.0. The third kappa shape index (κ3) is 3.96. The first kappa shape index (κ1) is 18.7. The molecule has 0 fully saturated rings. The van der Waals surface area contributed by atoms with Gasteiger partial charge in [0.2, 0.25) is 0 Å². The van der Waals surface area contributed by atoms with E-state index in [1.165, 1.54) is 4.57 Å². The standard InChI is InChI=1S/C21H20N4O4/c1-13-5-6-25(12-16-11-22-14(2)10-23-16)21(27)19(13)20(26)24-15-3-4-17-18(9-15)29-8-7-28-17/h3-6,9-11H,7-8,12H2,1-2H3,(H,24,26). The van der Waals surface area contributed by atoms with Crippen LogP contribution in [0, 0.1) is 13.8 Å². The van der Waals surface area contributed by atoms with E-state index in [1.807, 2.05) is 6.92 Å². The Kier molecular flexibility index (Phi) is 4.99. The summed E-state index contributed by atoms with van der Waals surface area (Å²) in [5, 5.41) is 2.77. The summed E-state index contributed by atoms with van der Waals surface area (Å²) in [6, 6.07) is 6.87. The van der Waals surface area contributed by atoms with E-state index < -0.39 is 5.91 Å². The van der Waals surface area contributed by atoms with Crippen LogP contribution in [0.25, 0.3) is 0 Å². The fourth-order valence-corrected chi connectivity index (χ4v) is 3.06. The number of fused-ring (bicyclic) bond motifs is 1. The summed E-state index contributed by atoms with van der Waals surface area (Å²) >= 11 is 0. The molecular formula is C21H20N4O4. The summed E-state index contributed by atoms with van der Waals surface area (Å²) < 4.78 is 12.5. The monoisotopic (exact) mass is 392 g/mol. The Morgan fingerprint density at radius 1 is 1.10 bits per heavy atom. The van der Waals surface area contributed by atoms with Crippen molar-refractivity contribution >= 4 is 11.6 Å². The smallest absolute Gasteiger partial charge is 0.264 e. The molecule has 0 unspecified atom stereocenters. The number of hydrogen-bond acceptors (Lipinski definition) is 6. The van der Waals surface area contributed by atoms with Gasteiger partial charge in [0.15, 0.2) is 11.5 Å². The third-order valence-electron chi connectivity index (χ3n) is 4.57. The summed E-state index contributed by atoms with van der Waals surface area (Å²) in [5.41, 5.74) is 2.25. The lowest BCUT2D eigenvalue weighted by atomic mass is 10.1. The lowest BCUT2D eigenvalue weighted by Gasteiger charge is -2.19. The second-order valence-corrected chi connectivity index (χ2v) is 6.77. The molecule has 0 spiro atoms. The lowest BCUT2D eigenvalue weighted by molar-refractivity contribution is 0.102. The predicted molar refractivity (Wildman–Crippen MR) is 107 cm³/mol. The lowest BCUT2D eigenvalue weighted by Crippen LogP contribution is -2.30.